The lowest BCUT2D eigenvalue weighted by Gasteiger charge is -2.24. The van der Waals surface area contributed by atoms with Crippen LogP contribution in [0.1, 0.15) is 31.0 Å². The van der Waals surface area contributed by atoms with Crippen LogP contribution in [0.15, 0.2) is 63.5 Å². The van der Waals surface area contributed by atoms with E-state index >= 15 is 0 Å². The van der Waals surface area contributed by atoms with Crippen molar-refractivity contribution in [3.63, 3.8) is 0 Å². The highest BCUT2D eigenvalue weighted by atomic mass is 35.5. The van der Waals surface area contributed by atoms with Crippen LogP contribution in [0.4, 0.5) is 0 Å². The SMILES string of the molecule is CCOC(=O)C1=C(C)N=c2s/c(=C/c3ccc(Cl)cc3Cl)c(=O)n2[C@H]1c1ccc(OC)cc1. The van der Waals surface area contributed by atoms with Crippen molar-refractivity contribution >= 4 is 46.6 Å². The summed E-state index contributed by atoms with van der Waals surface area (Å²) >= 11 is 13.5. The fourth-order valence-electron chi connectivity index (χ4n) is 3.65. The topological polar surface area (TPSA) is 69.9 Å². The third-order valence-electron chi connectivity index (χ3n) is 5.20. The van der Waals surface area contributed by atoms with Crippen molar-refractivity contribution in [3.8, 4) is 5.75 Å². The number of benzene rings is 2. The third kappa shape index (κ3) is 4.49. The monoisotopic (exact) mass is 502 g/mol. The highest BCUT2D eigenvalue weighted by molar-refractivity contribution is 7.07. The van der Waals surface area contributed by atoms with E-state index in [0.29, 0.717) is 42.0 Å². The fraction of sp³-hybridized carbons (Fsp3) is 0.208. The van der Waals surface area contributed by atoms with Gasteiger partial charge in [0.2, 0.25) is 0 Å². The molecule has 0 saturated carbocycles. The Labute approximate surface area is 204 Å². The van der Waals surface area contributed by atoms with Crippen LogP contribution in [0.2, 0.25) is 10.0 Å². The summed E-state index contributed by atoms with van der Waals surface area (Å²) in [6.45, 7) is 3.70. The number of thiazole rings is 1. The van der Waals surface area contributed by atoms with Gasteiger partial charge in [-0.05, 0) is 55.3 Å². The van der Waals surface area contributed by atoms with E-state index in [1.807, 2.05) is 12.1 Å². The molecule has 4 rings (SSSR count). The Hall–Kier alpha value is -2.87. The summed E-state index contributed by atoms with van der Waals surface area (Å²) in [4.78, 5) is 31.5. The van der Waals surface area contributed by atoms with E-state index in [4.69, 9.17) is 32.7 Å². The predicted octanol–water partition coefficient (Wildman–Crippen LogP) is 4.11. The van der Waals surface area contributed by atoms with Crippen LogP contribution in [0.5, 0.6) is 5.75 Å². The molecule has 170 valence electrons. The smallest absolute Gasteiger partial charge is 0.338 e. The van der Waals surface area contributed by atoms with Crippen LogP contribution in [0.25, 0.3) is 6.08 Å². The first-order chi connectivity index (χ1) is 15.8. The Morgan fingerprint density at radius 3 is 2.58 bits per heavy atom. The van der Waals surface area contributed by atoms with E-state index in [1.165, 1.54) is 15.9 Å². The molecule has 0 bridgehead atoms. The maximum Gasteiger partial charge on any atom is 0.338 e. The van der Waals surface area contributed by atoms with Crippen LogP contribution >= 0.6 is 34.5 Å². The molecule has 0 fully saturated rings. The van der Waals surface area contributed by atoms with Crippen molar-refractivity contribution in [2.45, 2.75) is 19.9 Å². The van der Waals surface area contributed by atoms with Gasteiger partial charge in [0.15, 0.2) is 4.80 Å². The molecule has 6 nitrogen and oxygen atoms in total. The van der Waals surface area contributed by atoms with Crippen LogP contribution in [0, 0.1) is 0 Å². The number of halogens is 2. The number of rotatable bonds is 5. The van der Waals surface area contributed by atoms with Crippen LogP contribution < -0.4 is 19.6 Å². The number of aromatic nitrogens is 1. The third-order valence-corrected chi connectivity index (χ3v) is 6.74. The van der Waals surface area contributed by atoms with Gasteiger partial charge in [0.1, 0.15) is 5.75 Å². The van der Waals surface area contributed by atoms with Crippen LogP contribution in [0.3, 0.4) is 0 Å². The summed E-state index contributed by atoms with van der Waals surface area (Å²) in [6, 6.07) is 11.6. The molecule has 2 aromatic carbocycles. The molecule has 1 aliphatic heterocycles. The first-order valence-electron chi connectivity index (χ1n) is 10.1. The van der Waals surface area contributed by atoms with Crippen molar-refractivity contribution in [1.82, 2.24) is 4.57 Å². The highest BCUT2D eigenvalue weighted by Crippen LogP contribution is 2.31. The Morgan fingerprint density at radius 2 is 1.94 bits per heavy atom. The van der Waals surface area contributed by atoms with Gasteiger partial charge in [-0.3, -0.25) is 9.36 Å². The van der Waals surface area contributed by atoms with E-state index in [9.17, 15) is 9.59 Å². The van der Waals surface area contributed by atoms with Gasteiger partial charge >= 0.3 is 5.97 Å². The van der Waals surface area contributed by atoms with Crippen LogP contribution in [-0.2, 0) is 9.53 Å². The van der Waals surface area contributed by atoms with Gasteiger partial charge < -0.3 is 9.47 Å². The molecule has 2 heterocycles. The molecule has 0 saturated heterocycles. The fourth-order valence-corrected chi connectivity index (χ4v) is 5.15. The molecule has 0 unspecified atom stereocenters. The van der Waals surface area contributed by atoms with Gasteiger partial charge in [-0.2, -0.15) is 0 Å². The van der Waals surface area contributed by atoms with E-state index in [-0.39, 0.29) is 12.2 Å². The maximum atomic E-state index is 13.5. The maximum absolute atomic E-state index is 13.5. The van der Waals surface area contributed by atoms with E-state index in [1.54, 1.807) is 57.4 Å². The van der Waals surface area contributed by atoms with E-state index < -0.39 is 12.0 Å². The minimum Gasteiger partial charge on any atom is -0.497 e. The Bertz CT molecular complexity index is 1440. The summed E-state index contributed by atoms with van der Waals surface area (Å²) in [5.41, 5.74) is 1.95. The molecule has 1 atom stereocenters. The molecule has 0 spiro atoms. The number of carbonyl (C=O) groups excluding carboxylic acids is 1. The molecule has 0 radical (unpaired) electrons. The largest absolute Gasteiger partial charge is 0.497 e. The van der Waals surface area contributed by atoms with Gasteiger partial charge in [-0.15, -0.1) is 0 Å². The molecule has 1 aliphatic rings. The first-order valence-corrected chi connectivity index (χ1v) is 11.7. The van der Waals surface area contributed by atoms with Crippen molar-refractivity contribution < 1.29 is 14.3 Å². The number of esters is 1. The van der Waals surface area contributed by atoms with Gasteiger partial charge in [0.05, 0.1) is 35.6 Å². The number of hydrogen-bond acceptors (Lipinski definition) is 6. The second kappa shape index (κ2) is 9.55. The van der Waals surface area contributed by atoms with E-state index in [0.717, 1.165) is 5.56 Å². The lowest BCUT2D eigenvalue weighted by molar-refractivity contribution is -0.139. The van der Waals surface area contributed by atoms with Gasteiger partial charge in [-0.1, -0.05) is 52.7 Å². The minimum absolute atomic E-state index is 0.213. The second-order valence-corrected chi connectivity index (χ2v) is 9.09. The normalized spacial score (nSPS) is 15.8. The zero-order chi connectivity index (χ0) is 23.7. The van der Waals surface area contributed by atoms with E-state index in [2.05, 4.69) is 4.99 Å². The summed E-state index contributed by atoms with van der Waals surface area (Å²) in [5.74, 6) is 0.163. The molecular weight excluding hydrogens is 483 g/mol. The zero-order valence-electron chi connectivity index (χ0n) is 18.1. The average molecular weight is 503 g/mol. The Balaban J connectivity index is 1.95. The lowest BCUT2D eigenvalue weighted by atomic mass is 9.96. The zero-order valence-corrected chi connectivity index (χ0v) is 20.4. The highest BCUT2D eigenvalue weighted by Gasteiger charge is 2.33. The van der Waals surface area contributed by atoms with Crippen molar-refractivity contribution in [2.75, 3.05) is 13.7 Å². The molecule has 0 N–H and O–H groups in total. The molecule has 9 heteroatoms. The predicted molar refractivity (Wildman–Crippen MR) is 130 cm³/mol. The van der Waals surface area contributed by atoms with Gasteiger partial charge in [0.25, 0.3) is 5.56 Å². The number of nitrogens with zero attached hydrogens (tertiary/aromatic N) is 2. The number of hydrogen-bond donors (Lipinski definition) is 0. The molecular formula is C24H20Cl2N2O4S. The van der Waals surface area contributed by atoms with Gasteiger partial charge in [0, 0.05) is 10.0 Å². The quantitative estimate of drug-likeness (QED) is 0.492. The molecule has 0 amide bonds. The van der Waals surface area contributed by atoms with Crippen molar-refractivity contribution in [1.29, 1.82) is 0 Å². The van der Waals surface area contributed by atoms with Crippen LogP contribution in [-0.4, -0.2) is 24.3 Å². The number of ether oxygens (including phenoxy) is 2. The lowest BCUT2D eigenvalue weighted by Crippen LogP contribution is -2.39. The molecule has 1 aromatic heterocycles. The number of allylic oxidation sites excluding steroid dienone is 1. The number of fused-ring (bicyclic) bond motifs is 1. The standard InChI is InChI=1S/C24H20Cl2N2O4S/c1-4-32-23(30)20-13(2)27-24-28(21(20)14-6-9-17(31-3)10-7-14)22(29)19(33-24)11-15-5-8-16(25)12-18(15)26/h5-12,21H,4H2,1-3H3/b19-11+/t21-/m0/s1. The van der Waals surface area contributed by atoms with Crippen molar-refractivity contribution in [2.24, 2.45) is 4.99 Å². The molecule has 0 aliphatic carbocycles. The van der Waals surface area contributed by atoms with Crippen molar-refractivity contribution in [3.05, 3.63) is 94.6 Å². The molecule has 3 aromatic rings. The average Bonchev–Trinajstić information content (AvgIpc) is 3.09. The summed E-state index contributed by atoms with van der Waals surface area (Å²) in [6.07, 6.45) is 1.71. The number of carbonyl (C=O) groups is 1. The second-order valence-electron chi connectivity index (χ2n) is 7.24. The summed E-state index contributed by atoms with van der Waals surface area (Å²) in [7, 11) is 1.58. The minimum atomic E-state index is -0.686. The summed E-state index contributed by atoms with van der Waals surface area (Å²) in [5, 5.41) is 0.941. The van der Waals surface area contributed by atoms with Gasteiger partial charge in [-0.25, -0.2) is 9.79 Å². The Kier molecular flexibility index (Phi) is 6.74. The Morgan fingerprint density at radius 1 is 1.21 bits per heavy atom. The number of methoxy groups -OCH3 is 1. The summed E-state index contributed by atoms with van der Waals surface area (Å²) < 4.78 is 12.5. The molecule has 33 heavy (non-hydrogen) atoms. The first kappa shape index (κ1) is 23.3.